The van der Waals surface area contributed by atoms with Crippen LogP contribution in [0.1, 0.15) is 35.5 Å². The van der Waals surface area contributed by atoms with Gasteiger partial charge in [-0.1, -0.05) is 22.9 Å². The van der Waals surface area contributed by atoms with Gasteiger partial charge in [0.25, 0.3) is 0 Å². The molecule has 2 aromatic rings. The molecule has 0 saturated heterocycles. The molecule has 0 aliphatic carbocycles. The fourth-order valence-corrected chi connectivity index (χ4v) is 2.67. The molecule has 0 spiro atoms. The zero-order chi connectivity index (χ0) is 14.0. The van der Waals surface area contributed by atoms with E-state index in [4.69, 9.17) is 9.15 Å². The van der Waals surface area contributed by atoms with E-state index >= 15 is 0 Å². The zero-order valence-corrected chi connectivity index (χ0v) is 12.4. The van der Waals surface area contributed by atoms with E-state index in [0.717, 1.165) is 17.7 Å². The Bertz CT molecular complexity index is 615. The maximum atomic E-state index is 11.7. The molecule has 4 nitrogen and oxygen atoms in total. The maximum Gasteiger partial charge on any atom is 0.338 e. The lowest BCUT2D eigenvalue weighted by molar-refractivity contribution is 0.0526. The monoisotopic (exact) mass is 326 g/mol. The van der Waals surface area contributed by atoms with Crippen LogP contribution in [-0.4, -0.2) is 17.7 Å². The number of fused-ring (bicyclic) bond motifs is 1. The Hall–Kier alpha value is -1.49. The summed E-state index contributed by atoms with van der Waals surface area (Å²) in [6.07, 6.45) is 0.726. The number of hydrogen-bond acceptors (Lipinski definition) is 4. The quantitative estimate of drug-likeness (QED) is 0.686. The molecule has 0 unspecified atom stereocenters. The third kappa shape index (κ3) is 2.47. The Morgan fingerprint density at radius 1 is 1.42 bits per heavy atom. The molecule has 1 aromatic heterocycles. The van der Waals surface area contributed by atoms with E-state index in [-0.39, 0.29) is 5.75 Å². The number of phenols is 1. The lowest BCUT2D eigenvalue weighted by Gasteiger charge is -2.03. The van der Waals surface area contributed by atoms with Gasteiger partial charge in [0.15, 0.2) is 0 Å². The molecule has 1 aromatic carbocycles. The molecule has 1 heterocycles. The largest absolute Gasteiger partial charge is 0.507 e. The van der Waals surface area contributed by atoms with Gasteiger partial charge < -0.3 is 14.3 Å². The number of halogens is 1. The average molecular weight is 327 g/mol. The predicted octanol–water partition coefficient (Wildman–Crippen LogP) is 3.77. The van der Waals surface area contributed by atoms with Gasteiger partial charge in [-0.15, -0.1) is 0 Å². The number of ether oxygens (including phenoxy) is 1. The van der Waals surface area contributed by atoms with Crippen LogP contribution in [0.25, 0.3) is 11.0 Å². The Morgan fingerprint density at radius 3 is 2.74 bits per heavy atom. The van der Waals surface area contributed by atoms with Crippen LogP contribution in [0.5, 0.6) is 5.75 Å². The Kier molecular flexibility index (Phi) is 4.14. The van der Waals surface area contributed by atoms with Crippen molar-refractivity contribution in [3.8, 4) is 5.75 Å². The van der Waals surface area contributed by atoms with Gasteiger partial charge in [-0.3, -0.25) is 0 Å². The Balaban J connectivity index is 2.61. The molecule has 2 rings (SSSR count). The van der Waals surface area contributed by atoms with Gasteiger partial charge in [0.1, 0.15) is 17.1 Å². The minimum absolute atomic E-state index is 0.0402. The first-order valence-corrected chi connectivity index (χ1v) is 7.24. The molecule has 1 N–H and O–H groups in total. The minimum Gasteiger partial charge on any atom is -0.507 e. The Morgan fingerprint density at radius 2 is 2.16 bits per heavy atom. The van der Waals surface area contributed by atoms with Crippen LogP contribution in [0, 0.1) is 0 Å². The van der Waals surface area contributed by atoms with E-state index in [2.05, 4.69) is 15.9 Å². The molecule has 0 radical (unpaired) electrons. The molecule has 0 atom stereocenters. The van der Waals surface area contributed by atoms with Gasteiger partial charge >= 0.3 is 5.97 Å². The van der Waals surface area contributed by atoms with E-state index in [1.165, 1.54) is 6.07 Å². The Labute approximate surface area is 119 Å². The number of furan rings is 1. The van der Waals surface area contributed by atoms with Crippen LogP contribution in [-0.2, 0) is 16.5 Å². The van der Waals surface area contributed by atoms with Gasteiger partial charge in [0.2, 0.25) is 0 Å². The molecule has 102 valence electrons. The lowest BCUT2D eigenvalue weighted by Crippen LogP contribution is -2.04. The number of benzene rings is 1. The maximum absolute atomic E-state index is 11.7. The fraction of sp³-hybridized carbons (Fsp3) is 0.357. The number of carbonyl (C=O) groups excluding carboxylic acids is 1. The van der Waals surface area contributed by atoms with E-state index in [0.29, 0.717) is 28.5 Å². The van der Waals surface area contributed by atoms with E-state index in [1.807, 2.05) is 6.92 Å². The molecule has 0 bridgehead atoms. The summed E-state index contributed by atoms with van der Waals surface area (Å²) in [5.74, 6) is 0.385. The van der Waals surface area contributed by atoms with Gasteiger partial charge in [-0.05, 0) is 19.1 Å². The molecular formula is C14H15BrO4. The SMILES string of the molecule is CCOC(=O)c1cc(O)c2c(CBr)c(CC)oc2c1. The first-order valence-electron chi connectivity index (χ1n) is 6.12. The van der Waals surface area contributed by atoms with Crippen molar-refractivity contribution in [1.82, 2.24) is 0 Å². The van der Waals surface area contributed by atoms with Crippen LogP contribution in [0.2, 0.25) is 0 Å². The van der Waals surface area contributed by atoms with E-state index in [1.54, 1.807) is 13.0 Å². The highest BCUT2D eigenvalue weighted by Gasteiger charge is 2.18. The molecule has 0 fully saturated rings. The van der Waals surface area contributed by atoms with Crippen molar-refractivity contribution >= 4 is 32.9 Å². The summed E-state index contributed by atoms with van der Waals surface area (Å²) < 4.78 is 10.6. The van der Waals surface area contributed by atoms with Crippen molar-refractivity contribution in [3.05, 3.63) is 29.0 Å². The first kappa shape index (κ1) is 13.9. The minimum atomic E-state index is -0.463. The highest BCUT2D eigenvalue weighted by atomic mass is 79.9. The standard InChI is InChI=1S/C14H15BrO4/c1-3-11-9(7-15)13-10(16)5-8(6-12(13)19-11)14(17)18-4-2/h5-6,16H,3-4,7H2,1-2H3. The van der Waals surface area contributed by atoms with Crippen molar-refractivity contribution in [3.63, 3.8) is 0 Å². The summed E-state index contributed by atoms with van der Waals surface area (Å²) in [4.78, 5) is 11.7. The number of aryl methyl sites for hydroxylation is 1. The van der Waals surface area contributed by atoms with Gasteiger partial charge in [0, 0.05) is 17.3 Å². The first-order chi connectivity index (χ1) is 9.12. The van der Waals surface area contributed by atoms with Crippen LogP contribution >= 0.6 is 15.9 Å². The predicted molar refractivity (Wildman–Crippen MR) is 75.8 cm³/mol. The molecule has 0 amide bonds. The second-order valence-corrected chi connectivity index (χ2v) is 4.64. The molecular weight excluding hydrogens is 312 g/mol. The lowest BCUT2D eigenvalue weighted by atomic mass is 10.1. The number of alkyl halides is 1. The highest BCUT2D eigenvalue weighted by molar-refractivity contribution is 9.08. The van der Waals surface area contributed by atoms with Crippen LogP contribution in [0.3, 0.4) is 0 Å². The van der Waals surface area contributed by atoms with Crippen molar-refractivity contribution in [2.24, 2.45) is 0 Å². The topological polar surface area (TPSA) is 59.7 Å². The summed E-state index contributed by atoms with van der Waals surface area (Å²) in [5, 5.41) is 11.3. The molecule has 0 aliphatic heterocycles. The number of aromatic hydroxyl groups is 1. The third-order valence-electron chi connectivity index (χ3n) is 2.92. The summed E-state index contributed by atoms with van der Waals surface area (Å²) in [7, 11) is 0. The van der Waals surface area contributed by atoms with Gasteiger partial charge in [-0.2, -0.15) is 0 Å². The summed E-state index contributed by atoms with van der Waals surface area (Å²) in [6, 6.07) is 3.03. The molecule has 0 saturated carbocycles. The molecule has 0 aliphatic rings. The van der Waals surface area contributed by atoms with Crippen LogP contribution in [0.4, 0.5) is 0 Å². The third-order valence-corrected chi connectivity index (χ3v) is 3.48. The van der Waals surface area contributed by atoms with Crippen molar-refractivity contribution in [2.45, 2.75) is 25.6 Å². The summed E-state index contributed by atoms with van der Waals surface area (Å²) in [6.45, 7) is 4.01. The summed E-state index contributed by atoms with van der Waals surface area (Å²) in [5.41, 5.74) is 1.73. The number of hydrogen-bond donors (Lipinski definition) is 1. The molecule has 19 heavy (non-hydrogen) atoms. The highest BCUT2D eigenvalue weighted by Crippen LogP contribution is 2.35. The van der Waals surface area contributed by atoms with Crippen molar-refractivity contribution in [2.75, 3.05) is 6.61 Å². The van der Waals surface area contributed by atoms with Crippen molar-refractivity contribution < 1.29 is 19.1 Å². The fourth-order valence-electron chi connectivity index (χ4n) is 2.08. The number of phenolic OH excluding ortho intramolecular Hbond substituents is 1. The number of rotatable bonds is 4. The van der Waals surface area contributed by atoms with E-state index in [9.17, 15) is 9.90 Å². The van der Waals surface area contributed by atoms with Crippen LogP contribution in [0.15, 0.2) is 16.5 Å². The van der Waals surface area contributed by atoms with Crippen LogP contribution < -0.4 is 0 Å². The normalized spacial score (nSPS) is 10.9. The van der Waals surface area contributed by atoms with E-state index < -0.39 is 5.97 Å². The average Bonchev–Trinajstić information content (AvgIpc) is 2.77. The second kappa shape index (κ2) is 5.65. The summed E-state index contributed by atoms with van der Waals surface area (Å²) >= 11 is 3.39. The number of esters is 1. The molecule has 5 heteroatoms. The van der Waals surface area contributed by atoms with Crippen molar-refractivity contribution in [1.29, 1.82) is 0 Å². The van der Waals surface area contributed by atoms with Gasteiger partial charge in [0.05, 0.1) is 17.6 Å². The zero-order valence-electron chi connectivity index (χ0n) is 10.8. The van der Waals surface area contributed by atoms with Gasteiger partial charge in [-0.25, -0.2) is 4.79 Å². The second-order valence-electron chi connectivity index (χ2n) is 4.08. The number of carbonyl (C=O) groups is 1. The smallest absolute Gasteiger partial charge is 0.338 e.